The lowest BCUT2D eigenvalue weighted by molar-refractivity contribution is -0.123. The molecule has 0 heterocycles. The van der Waals surface area contributed by atoms with Crippen molar-refractivity contribution >= 4 is 5.78 Å². The highest BCUT2D eigenvalue weighted by molar-refractivity contribution is 5.90. The van der Waals surface area contributed by atoms with Crippen LogP contribution >= 0.6 is 0 Å². The van der Waals surface area contributed by atoms with Crippen LogP contribution in [0.3, 0.4) is 0 Å². The van der Waals surface area contributed by atoms with E-state index in [2.05, 4.69) is 6.58 Å². The summed E-state index contributed by atoms with van der Waals surface area (Å²) in [5, 5.41) is 0. The van der Waals surface area contributed by atoms with E-state index in [0.717, 1.165) is 12.8 Å². The van der Waals surface area contributed by atoms with E-state index in [4.69, 9.17) is 0 Å². The number of fused-ring (bicyclic) bond motifs is 2. The molecular formula is C9H10O. The van der Waals surface area contributed by atoms with E-state index >= 15 is 0 Å². The van der Waals surface area contributed by atoms with Crippen molar-refractivity contribution in [2.45, 2.75) is 12.8 Å². The first-order valence-electron chi connectivity index (χ1n) is 3.66. The number of carbonyl (C=O) groups excluding carboxylic acids is 1. The van der Waals surface area contributed by atoms with Crippen LogP contribution in [0.1, 0.15) is 12.8 Å². The van der Waals surface area contributed by atoms with Gasteiger partial charge in [-0.3, -0.25) is 4.79 Å². The van der Waals surface area contributed by atoms with Crippen LogP contribution in [-0.4, -0.2) is 5.78 Å². The molecule has 2 unspecified atom stereocenters. The molecule has 0 aromatic rings. The van der Waals surface area contributed by atoms with Gasteiger partial charge in [0.1, 0.15) is 5.78 Å². The molecule has 1 nitrogen and oxygen atoms in total. The van der Waals surface area contributed by atoms with Gasteiger partial charge in [0.2, 0.25) is 0 Å². The van der Waals surface area contributed by atoms with Crippen molar-refractivity contribution in [3.63, 3.8) is 0 Å². The van der Waals surface area contributed by atoms with Gasteiger partial charge in [-0.2, -0.15) is 0 Å². The Morgan fingerprint density at radius 2 is 1.80 bits per heavy atom. The Morgan fingerprint density at radius 3 is 2.30 bits per heavy atom. The van der Waals surface area contributed by atoms with Crippen molar-refractivity contribution in [3.8, 4) is 0 Å². The monoisotopic (exact) mass is 134 g/mol. The zero-order chi connectivity index (χ0) is 7.14. The number of rotatable bonds is 0. The normalized spacial score (nSPS) is 37.2. The van der Waals surface area contributed by atoms with Gasteiger partial charge in [0.15, 0.2) is 0 Å². The Bertz CT molecular complexity index is 205. The molecule has 2 aliphatic rings. The smallest absolute Gasteiger partial charge is 0.147 e. The molecular weight excluding hydrogens is 124 g/mol. The maximum atomic E-state index is 11.2. The molecule has 10 heavy (non-hydrogen) atoms. The molecule has 0 N–H and O–H groups in total. The number of Topliss-reactive ketones (excluding diaryl/α,β-unsaturated/α-hetero) is 1. The molecule has 1 saturated carbocycles. The van der Waals surface area contributed by atoms with Crippen molar-refractivity contribution in [2.75, 3.05) is 0 Å². The molecule has 0 aliphatic heterocycles. The predicted molar refractivity (Wildman–Crippen MR) is 39.5 cm³/mol. The van der Waals surface area contributed by atoms with Crippen LogP contribution in [0.2, 0.25) is 0 Å². The molecule has 1 heteroatoms. The van der Waals surface area contributed by atoms with Gasteiger partial charge >= 0.3 is 0 Å². The molecule has 52 valence electrons. The summed E-state index contributed by atoms with van der Waals surface area (Å²) in [6.45, 7) is 3.90. The molecule has 0 saturated heterocycles. The fourth-order valence-corrected chi connectivity index (χ4v) is 1.78. The lowest BCUT2D eigenvalue weighted by Gasteiger charge is -2.19. The predicted octanol–water partition coefficient (Wildman–Crippen LogP) is 1.71. The average Bonchev–Trinajstić information content (AvgIpc) is 2.20. The third kappa shape index (κ3) is 0.666. The van der Waals surface area contributed by atoms with Crippen LogP contribution in [0.15, 0.2) is 24.3 Å². The Kier molecular flexibility index (Phi) is 1.07. The van der Waals surface area contributed by atoms with Crippen LogP contribution in [0.4, 0.5) is 0 Å². The van der Waals surface area contributed by atoms with E-state index in [9.17, 15) is 4.79 Å². The van der Waals surface area contributed by atoms with Gasteiger partial charge in [-0.1, -0.05) is 24.3 Å². The summed E-state index contributed by atoms with van der Waals surface area (Å²) >= 11 is 0. The highest BCUT2D eigenvalue weighted by Gasteiger charge is 2.33. The third-order valence-corrected chi connectivity index (χ3v) is 2.32. The van der Waals surface area contributed by atoms with Gasteiger partial charge in [-0.15, -0.1) is 0 Å². The third-order valence-electron chi connectivity index (χ3n) is 2.32. The van der Waals surface area contributed by atoms with Crippen molar-refractivity contribution < 1.29 is 4.79 Å². The zero-order valence-corrected chi connectivity index (χ0v) is 5.84. The topological polar surface area (TPSA) is 17.1 Å². The molecule has 0 aromatic carbocycles. The second-order valence-electron chi connectivity index (χ2n) is 3.16. The number of carbonyl (C=O) groups is 1. The Labute approximate surface area is 60.4 Å². The summed E-state index contributed by atoms with van der Waals surface area (Å²) in [7, 11) is 0. The minimum absolute atomic E-state index is 0.186. The largest absolute Gasteiger partial charge is 0.298 e. The quantitative estimate of drug-likeness (QED) is 0.461. The average molecular weight is 134 g/mol. The van der Waals surface area contributed by atoms with E-state index < -0.39 is 0 Å². The first-order chi connectivity index (χ1) is 4.77. The second kappa shape index (κ2) is 1.82. The molecule has 0 radical (unpaired) electrons. The molecule has 0 amide bonds. The Hall–Kier alpha value is -0.850. The van der Waals surface area contributed by atoms with E-state index in [1.807, 2.05) is 12.2 Å². The maximum Gasteiger partial charge on any atom is 0.147 e. The second-order valence-corrected chi connectivity index (χ2v) is 3.16. The molecule has 0 spiro atoms. The first-order valence-corrected chi connectivity index (χ1v) is 3.66. The van der Waals surface area contributed by atoms with Gasteiger partial charge < -0.3 is 0 Å². The van der Waals surface area contributed by atoms with Crippen molar-refractivity contribution in [1.82, 2.24) is 0 Å². The summed E-state index contributed by atoms with van der Waals surface area (Å²) in [6, 6.07) is 0. The molecule has 1 fully saturated rings. The molecule has 2 atom stereocenters. The van der Waals surface area contributed by atoms with E-state index in [-0.39, 0.29) is 11.8 Å². The Morgan fingerprint density at radius 1 is 1.30 bits per heavy atom. The van der Waals surface area contributed by atoms with Crippen LogP contribution in [0.5, 0.6) is 0 Å². The van der Waals surface area contributed by atoms with E-state index in [1.54, 1.807) is 0 Å². The van der Waals surface area contributed by atoms with Gasteiger partial charge in [0, 0.05) is 11.8 Å². The van der Waals surface area contributed by atoms with Gasteiger partial charge in [-0.05, 0) is 12.8 Å². The Balaban J connectivity index is 2.30. The van der Waals surface area contributed by atoms with Crippen LogP contribution in [0, 0.1) is 11.8 Å². The van der Waals surface area contributed by atoms with Crippen LogP contribution < -0.4 is 0 Å². The minimum atomic E-state index is 0.186. The fraction of sp³-hybridized carbons (Fsp3) is 0.444. The van der Waals surface area contributed by atoms with Crippen molar-refractivity contribution in [1.29, 1.82) is 0 Å². The molecule has 2 rings (SSSR count). The van der Waals surface area contributed by atoms with Crippen LogP contribution in [-0.2, 0) is 4.79 Å². The SMILES string of the molecule is C=C1CC2C=CC(C1)C2=O. The summed E-state index contributed by atoms with van der Waals surface area (Å²) in [5.74, 6) is 0.782. The number of ketones is 1. The van der Waals surface area contributed by atoms with Gasteiger partial charge in [-0.25, -0.2) is 0 Å². The molecule has 2 aliphatic carbocycles. The van der Waals surface area contributed by atoms with E-state index in [1.165, 1.54) is 5.57 Å². The van der Waals surface area contributed by atoms with Crippen LogP contribution in [0.25, 0.3) is 0 Å². The lowest BCUT2D eigenvalue weighted by atomic mass is 9.84. The van der Waals surface area contributed by atoms with Crippen molar-refractivity contribution in [3.05, 3.63) is 24.3 Å². The van der Waals surface area contributed by atoms with Gasteiger partial charge in [0.25, 0.3) is 0 Å². The number of allylic oxidation sites excluding steroid dienone is 3. The number of hydrogen-bond donors (Lipinski definition) is 0. The number of hydrogen-bond acceptors (Lipinski definition) is 1. The lowest BCUT2D eigenvalue weighted by Crippen LogP contribution is -2.21. The summed E-state index contributed by atoms with van der Waals surface area (Å²) in [4.78, 5) is 11.2. The molecule has 0 aromatic heterocycles. The fourth-order valence-electron chi connectivity index (χ4n) is 1.78. The highest BCUT2D eigenvalue weighted by atomic mass is 16.1. The molecule has 2 bridgehead atoms. The minimum Gasteiger partial charge on any atom is -0.298 e. The van der Waals surface area contributed by atoms with E-state index in [0.29, 0.717) is 5.78 Å². The standard InChI is InChI=1S/C9H10O/c1-6-4-7-2-3-8(5-6)9(7)10/h2-3,7-8H,1,4-5H2. The first kappa shape index (κ1) is 5.90. The maximum absolute atomic E-state index is 11.2. The highest BCUT2D eigenvalue weighted by Crippen LogP contribution is 2.35. The summed E-state index contributed by atoms with van der Waals surface area (Å²) in [5.41, 5.74) is 1.24. The summed E-state index contributed by atoms with van der Waals surface area (Å²) < 4.78 is 0. The van der Waals surface area contributed by atoms with Crippen molar-refractivity contribution in [2.24, 2.45) is 11.8 Å². The summed E-state index contributed by atoms with van der Waals surface area (Å²) in [6.07, 6.45) is 5.86. The van der Waals surface area contributed by atoms with Gasteiger partial charge in [0.05, 0.1) is 0 Å². The zero-order valence-electron chi connectivity index (χ0n) is 5.84.